The van der Waals surface area contributed by atoms with Crippen LogP contribution in [0.1, 0.15) is 0 Å². The van der Waals surface area contributed by atoms with Crippen LogP contribution in [-0.2, 0) is 9.47 Å². The Bertz CT molecular complexity index is 280. The molecule has 2 amide bonds. The lowest BCUT2D eigenvalue weighted by molar-refractivity contribution is 0.0197. The first kappa shape index (κ1) is 9.38. The fourth-order valence-corrected chi connectivity index (χ4v) is 1.56. The van der Waals surface area contributed by atoms with E-state index in [0.717, 1.165) is 0 Å². The number of hydrogen-bond acceptors (Lipinski definition) is 5. The summed E-state index contributed by atoms with van der Waals surface area (Å²) in [7, 11) is 0. The van der Waals surface area contributed by atoms with Crippen LogP contribution in [0, 0.1) is 0 Å². The maximum atomic E-state index is 10.4. The van der Waals surface area contributed by atoms with Crippen molar-refractivity contribution in [2.24, 2.45) is 10.8 Å². The van der Waals surface area contributed by atoms with Crippen LogP contribution in [0.15, 0.2) is 5.10 Å². The van der Waals surface area contributed by atoms with Gasteiger partial charge in [0.05, 0.1) is 18.9 Å². The molecule has 0 aromatic heterocycles. The molecule has 0 aromatic rings. The van der Waals surface area contributed by atoms with E-state index in [9.17, 15) is 9.90 Å². The Morgan fingerprint density at radius 2 is 2.43 bits per heavy atom. The predicted octanol–water partition coefficient (Wildman–Crippen LogP) is -1.83. The van der Waals surface area contributed by atoms with Crippen molar-refractivity contribution >= 4 is 11.7 Å². The zero-order chi connectivity index (χ0) is 10.1. The summed E-state index contributed by atoms with van der Waals surface area (Å²) in [5.41, 5.74) is 7.49. The molecule has 2 heterocycles. The molecule has 14 heavy (non-hydrogen) atoms. The molecule has 3 atom stereocenters. The van der Waals surface area contributed by atoms with Gasteiger partial charge in [-0.3, -0.25) is 0 Å². The molecule has 2 aliphatic heterocycles. The van der Waals surface area contributed by atoms with Crippen molar-refractivity contribution < 1.29 is 19.4 Å². The summed E-state index contributed by atoms with van der Waals surface area (Å²) in [6.45, 7) is 0.470. The minimum Gasteiger partial charge on any atom is -0.388 e. The van der Waals surface area contributed by atoms with Crippen LogP contribution in [-0.4, -0.2) is 48.4 Å². The minimum absolute atomic E-state index is 0.227. The van der Waals surface area contributed by atoms with Gasteiger partial charge in [-0.25, -0.2) is 10.2 Å². The highest BCUT2D eigenvalue weighted by Gasteiger charge is 2.45. The molecule has 4 N–H and O–H groups in total. The van der Waals surface area contributed by atoms with Gasteiger partial charge in [0.1, 0.15) is 18.3 Å². The quantitative estimate of drug-likeness (QED) is 0.434. The normalized spacial score (nSPS) is 38.6. The van der Waals surface area contributed by atoms with Crippen molar-refractivity contribution in [2.45, 2.75) is 18.3 Å². The molecule has 0 aromatic carbocycles. The van der Waals surface area contributed by atoms with Gasteiger partial charge in [0, 0.05) is 0 Å². The Morgan fingerprint density at radius 1 is 1.64 bits per heavy atom. The second-order valence-electron chi connectivity index (χ2n) is 3.18. The summed E-state index contributed by atoms with van der Waals surface area (Å²) in [6.07, 6.45) is -1.36. The summed E-state index contributed by atoms with van der Waals surface area (Å²) < 4.78 is 10.5. The Labute approximate surface area is 79.9 Å². The average Bonchev–Trinajstić information content (AvgIpc) is 2.66. The number of aliphatic hydroxyl groups excluding tert-OH is 1. The number of primary amides is 1. The van der Waals surface area contributed by atoms with Gasteiger partial charge in [0.2, 0.25) is 0 Å². The lowest BCUT2D eigenvalue weighted by Crippen LogP contribution is -2.31. The average molecular weight is 201 g/mol. The van der Waals surface area contributed by atoms with Crippen LogP contribution in [0.4, 0.5) is 4.79 Å². The van der Waals surface area contributed by atoms with Crippen molar-refractivity contribution in [3.63, 3.8) is 0 Å². The van der Waals surface area contributed by atoms with E-state index in [0.29, 0.717) is 5.71 Å². The lowest BCUT2D eigenvalue weighted by Gasteiger charge is -2.07. The fourth-order valence-electron chi connectivity index (χ4n) is 1.56. The highest BCUT2D eigenvalue weighted by atomic mass is 16.6. The van der Waals surface area contributed by atoms with Crippen molar-refractivity contribution in [3.05, 3.63) is 0 Å². The Balaban J connectivity index is 2.02. The molecular formula is C7H11N3O4. The summed E-state index contributed by atoms with van der Waals surface area (Å²) in [5.74, 6) is 0. The van der Waals surface area contributed by atoms with Crippen molar-refractivity contribution in [1.82, 2.24) is 5.43 Å². The largest absolute Gasteiger partial charge is 0.388 e. The van der Waals surface area contributed by atoms with E-state index in [2.05, 4.69) is 10.5 Å². The van der Waals surface area contributed by atoms with Gasteiger partial charge in [-0.1, -0.05) is 0 Å². The number of nitrogens with one attached hydrogen (secondary N) is 1. The first-order chi connectivity index (χ1) is 6.68. The summed E-state index contributed by atoms with van der Waals surface area (Å²) in [4.78, 5) is 10.4. The monoisotopic (exact) mass is 201 g/mol. The highest BCUT2D eigenvalue weighted by Crippen LogP contribution is 2.24. The SMILES string of the molecule is NC(=O)NN=C1COC2C(O)COC12. The third-order valence-electron chi connectivity index (χ3n) is 2.19. The molecule has 2 saturated heterocycles. The fraction of sp³-hybridized carbons (Fsp3) is 0.714. The molecule has 0 bridgehead atoms. The molecule has 0 saturated carbocycles. The van der Waals surface area contributed by atoms with Crippen LogP contribution in [0.25, 0.3) is 0 Å². The zero-order valence-electron chi connectivity index (χ0n) is 7.34. The molecule has 7 heteroatoms. The van der Waals surface area contributed by atoms with E-state index in [-0.39, 0.29) is 25.4 Å². The molecule has 2 fully saturated rings. The number of fused-ring (bicyclic) bond motifs is 1. The molecule has 2 rings (SSSR count). The highest BCUT2D eigenvalue weighted by molar-refractivity contribution is 5.93. The van der Waals surface area contributed by atoms with Gasteiger partial charge in [-0.05, 0) is 0 Å². The number of ether oxygens (including phenoxy) is 2. The topological polar surface area (TPSA) is 106 Å². The molecular weight excluding hydrogens is 190 g/mol. The molecule has 3 unspecified atom stereocenters. The summed E-state index contributed by atoms with van der Waals surface area (Å²) >= 11 is 0. The van der Waals surface area contributed by atoms with E-state index in [1.54, 1.807) is 0 Å². The van der Waals surface area contributed by atoms with E-state index in [1.165, 1.54) is 0 Å². The summed E-state index contributed by atoms with van der Waals surface area (Å²) in [5, 5.41) is 13.1. The number of hydrogen-bond donors (Lipinski definition) is 3. The van der Waals surface area contributed by atoms with Crippen LogP contribution in [0.2, 0.25) is 0 Å². The van der Waals surface area contributed by atoms with Crippen LogP contribution in [0.5, 0.6) is 0 Å². The van der Waals surface area contributed by atoms with Gasteiger partial charge in [-0.2, -0.15) is 5.10 Å². The number of amides is 2. The Kier molecular flexibility index (Phi) is 2.36. The molecule has 7 nitrogen and oxygen atoms in total. The van der Waals surface area contributed by atoms with Crippen molar-refractivity contribution in [3.8, 4) is 0 Å². The van der Waals surface area contributed by atoms with Crippen LogP contribution < -0.4 is 11.2 Å². The second kappa shape index (κ2) is 3.52. The van der Waals surface area contributed by atoms with Gasteiger partial charge in [0.25, 0.3) is 0 Å². The number of nitrogens with two attached hydrogens (primary N) is 1. The number of nitrogens with zero attached hydrogens (tertiary/aromatic N) is 1. The third-order valence-corrected chi connectivity index (χ3v) is 2.19. The third kappa shape index (κ3) is 1.57. The number of carbonyl (C=O) groups excluding carboxylic acids is 1. The minimum atomic E-state index is -0.737. The smallest absolute Gasteiger partial charge is 0.332 e. The van der Waals surface area contributed by atoms with Gasteiger partial charge >= 0.3 is 6.03 Å². The van der Waals surface area contributed by atoms with Gasteiger partial charge in [-0.15, -0.1) is 0 Å². The van der Waals surface area contributed by atoms with Gasteiger partial charge < -0.3 is 20.3 Å². The van der Waals surface area contributed by atoms with Crippen molar-refractivity contribution in [1.29, 1.82) is 0 Å². The van der Waals surface area contributed by atoms with E-state index < -0.39 is 12.1 Å². The van der Waals surface area contributed by atoms with E-state index in [4.69, 9.17) is 15.2 Å². The van der Waals surface area contributed by atoms with E-state index in [1.807, 2.05) is 0 Å². The molecule has 0 aliphatic carbocycles. The molecule has 2 aliphatic rings. The molecule has 78 valence electrons. The lowest BCUT2D eigenvalue weighted by atomic mass is 10.1. The zero-order valence-corrected chi connectivity index (χ0v) is 7.34. The molecule has 0 spiro atoms. The number of urea groups is 1. The second-order valence-corrected chi connectivity index (χ2v) is 3.18. The van der Waals surface area contributed by atoms with Crippen LogP contribution >= 0.6 is 0 Å². The maximum Gasteiger partial charge on any atom is 0.332 e. The number of hydrazone groups is 1. The first-order valence-electron chi connectivity index (χ1n) is 4.21. The van der Waals surface area contributed by atoms with E-state index >= 15 is 0 Å². The maximum absolute atomic E-state index is 10.4. The Hall–Kier alpha value is -1.18. The van der Waals surface area contributed by atoms with Crippen molar-refractivity contribution in [2.75, 3.05) is 13.2 Å². The number of rotatable bonds is 1. The van der Waals surface area contributed by atoms with Gasteiger partial charge in [0.15, 0.2) is 0 Å². The number of aliphatic hydroxyl groups is 1. The standard InChI is InChI=1S/C7H11N3O4/c8-7(12)10-9-3-1-13-6-4(11)2-14-5(3)6/h4-6,11H,1-2H2,(H3,8,10,12). The molecule has 0 radical (unpaired) electrons. The summed E-state index contributed by atoms with van der Waals surface area (Å²) in [6, 6.07) is -0.737. The predicted molar refractivity (Wildman–Crippen MR) is 45.6 cm³/mol. The van der Waals surface area contributed by atoms with Crippen LogP contribution in [0.3, 0.4) is 0 Å². The number of carbonyl (C=O) groups is 1. The first-order valence-corrected chi connectivity index (χ1v) is 4.21. The Morgan fingerprint density at radius 3 is 3.14 bits per heavy atom.